The van der Waals surface area contributed by atoms with Crippen molar-refractivity contribution in [1.29, 1.82) is 0 Å². The molecule has 0 aliphatic rings. The first-order valence-electron chi connectivity index (χ1n) is 1.66. The van der Waals surface area contributed by atoms with Crippen LogP contribution in [-0.2, 0) is 0 Å². The lowest BCUT2D eigenvalue weighted by atomic mass is 10.4. The summed E-state index contributed by atoms with van der Waals surface area (Å²) < 4.78 is 11.0. The smallest absolute Gasteiger partial charge is 0.133 e. The molecule has 0 aliphatic carbocycles. The minimum atomic E-state index is -0.310. The Morgan fingerprint density at radius 1 is 2.00 bits per heavy atom. The van der Waals surface area contributed by atoms with Gasteiger partial charge in [-0.1, -0.05) is 0 Å². The number of halogens is 2. The molecule has 36 valence electrons. The first-order chi connectivity index (χ1) is 2.77. The van der Waals surface area contributed by atoms with Crippen LogP contribution >= 0.6 is 11.6 Å². The molecule has 0 N–H and O–H groups in total. The Hall–Kier alpha value is 0.220. The summed E-state index contributed by atoms with van der Waals surface area (Å²) in [7, 11) is 0. The maximum Gasteiger partial charge on any atom is 0.133 e. The molecule has 2 radical (unpaired) electrons. The highest BCUT2D eigenvalue weighted by molar-refractivity contribution is 6.21. The van der Waals surface area contributed by atoms with Gasteiger partial charge in [0.2, 0.25) is 0 Å². The van der Waals surface area contributed by atoms with E-state index in [1.807, 2.05) is 0 Å². The Bertz CT molecular complexity index is 28.7. The monoisotopic (exact) mass is 108 g/mol. The van der Waals surface area contributed by atoms with E-state index in [1.54, 1.807) is 0 Å². The van der Waals surface area contributed by atoms with Crippen LogP contribution in [0.5, 0.6) is 0 Å². The average Bonchev–Trinajstić information content (AvgIpc) is 1.35. The fourth-order valence-corrected chi connectivity index (χ4v) is 0.164. The van der Waals surface area contributed by atoms with Crippen LogP contribution in [0.4, 0.5) is 4.39 Å². The Morgan fingerprint density at radius 2 is 2.50 bits per heavy atom. The van der Waals surface area contributed by atoms with Gasteiger partial charge in [0.1, 0.15) is 6.67 Å². The van der Waals surface area contributed by atoms with E-state index in [0.717, 1.165) is 0 Å². The predicted molar refractivity (Wildman–Crippen MR) is 25.0 cm³/mol. The zero-order valence-corrected chi connectivity index (χ0v) is 4.08. The normalized spacial score (nSPS) is 14.5. The molecule has 0 aromatic carbocycles. The molecule has 0 rings (SSSR count). The zero-order valence-electron chi connectivity index (χ0n) is 3.32. The standard InChI is InChI=1S/C4H6ClF/c1-4(5)2-3-6/h3-4H,1-2H2. The molecule has 0 fully saturated rings. The molecular formula is C4H6ClF. The van der Waals surface area contributed by atoms with Crippen molar-refractivity contribution < 1.29 is 4.39 Å². The molecule has 0 nitrogen and oxygen atoms in total. The van der Waals surface area contributed by atoms with E-state index >= 15 is 0 Å². The van der Waals surface area contributed by atoms with Crippen LogP contribution < -0.4 is 0 Å². The summed E-state index contributed by atoms with van der Waals surface area (Å²) in [6.45, 7) is 3.83. The quantitative estimate of drug-likeness (QED) is 0.475. The molecule has 1 unspecified atom stereocenters. The van der Waals surface area contributed by atoms with E-state index < -0.39 is 0 Å². The third kappa shape index (κ3) is 4.22. The number of rotatable bonds is 2. The van der Waals surface area contributed by atoms with Crippen LogP contribution in [0.25, 0.3) is 0 Å². The van der Waals surface area contributed by atoms with Crippen molar-refractivity contribution in [3.8, 4) is 0 Å². The molecule has 0 heterocycles. The molecule has 0 bridgehead atoms. The Kier molecular flexibility index (Phi) is 3.54. The molecule has 0 saturated carbocycles. The van der Waals surface area contributed by atoms with Crippen LogP contribution in [0, 0.1) is 13.6 Å². The van der Waals surface area contributed by atoms with E-state index in [2.05, 4.69) is 6.92 Å². The Balaban J connectivity index is 2.63. The molecule has 6 heavy (non-hydrogen) atoms. The zero-order chi connectivity index (χ0) is 4.99. The van der Waals surface area contributed by atoms with E-state index in [1.165, 1.54) is 0 Å². The van der Waals surface area contributed by atoms with Crippen LogP contribution in [0.1, 0.15) is 6.42 Å². The lowest BCUT2D eigenvalue weighted by molar-refractivity contribution is 0.580. The Morgan fingerprint density at radius 3 is 2.50 bits per heavy atom. The Labute approximate surface area is 42.3 Å². The average molecular weight is 109 g/mol. The van der Waals surface area contributed by atoms with E-state index in [-0.39, 0.29) is 11.8 Å². The van der Waals surface area contributed by atoms with Gasteiger partial charge in [0.25, 0.3) is 0 Å². The van der Waals surface area contributed by atoms with Gasteiger partial charge < -0.3 is 0 Å². The summed E-state index contributed by atoms with van der Waals surface area (Å²) in [4.78, 5) is 0. The highest BCUT2D eigenvalue weighted by atomic mass is 35.5. The molecule has 1 atom stereocenters. The SMILES string of the molecule is [CH2]C(Cl)C[CH]F. The third-order valence-corrected chi connectivity index (χ3v) is 0.523. The van der Waals surface area contributed by atoms with Crippen molar-refractivity contribution >= 4 is 11.6 Å². The van der Waals surface area contributed by atoms with E-state index in [0.29, 0.717) is 6.67 Å². The van der Waals surface area contributed by atoms with Gasteiger partial charge in [0.05, 0.1) is 0 Å². The molecule has 0 amide bonds. The summed E-state index contributed by atoms with van der Waals surface area (Å²) in [5.74, 6) is 0. The van der Waals surface area contributed by atoms with Crippen LogP contribution in [0.2, 0.25) is 0 Å². The van der Waals surface area contributed by atoms with Crippen molar-refractivity contribution in [2.24, 2.45) is 0 Å². The maximum absolute atomic E-state index is 11.0. The minimum absolute atomic E-state index is 0.238. The van der Waals surface area contributed by atoms with Gasteiger partial charge in [-0.2, -0.15) is 0 Å². The molecule has 0 aliphatic heterocycles. The second-order valence-corrected chi connectivity index (χ2v) is 1.60. The topological polar surface area (TPSA) is 0 Å². The van der Waals surface area contributed by atoms with Gasteiger partial charge in [-0.25, -0.2) is 4.39 Å². The van der Waals surface area contributed by atoms with Gasteiger partial charge >= 0.3 is 0 Å². The molecule has 0 aromatic rings. The molecular weight excluding hydrogens is 102 g/mol. The molecule has 2 heteroatoms. The fourth-order valence-electron chi connectivity index (χ4n) is 0.0967. The van der Waals surface area contributed by atoms with Crippen molar-refractivity contribution in [2.45, 2.75) is 11.8 Å². The first-order valence-corrected chi connectivity index (χ1v) is 2.10. The minimum Gasteiger partial charge on any atom is -0.244 e. The third-order valence-electron chi connectivity index (χ3n) is 0.345. The fraction of sp³-hybridized carbons (Fsp3) is 0.500. The van der Waals surface area contributed by atoms with Crippen LogP contribution in [0.15, 0.2) is 0 Å². The number of hydrogen-bond donors (Lipinski definition) is 0. The van der Waals surface area contributed by atoms with Crippen LogP contribution in [0.3, 0.4) is 0 Å². The molecule has 0 spiro atoms. The molecule has 0 saturated heterocycles. The number of hydrogen-bond acceptors (Lipinski definition) is 0. The van der Waals surface area contributed by atoms with Gasteiger partial charge in [0, 0.05) is 5.38 Å². The largest absolute Gasteiger partial charge is 0.244 e. The summed E-state index contributed by atoms with van der Waals surface area (Å²) in [5, 5.41) is -0.310. The van der Waals surface area contributed by atoms with Gasteiger partial charge in [-0.15, -0.1) is 11.6 Å². The highest BCUT2D eigenvalue weighted by Gasteiger charge is 1.91. The van der Waals surface area contributed by atoms with E-state index in [9.17, 15) is 4.39 Å². The highest BCUT2D eigenvalue weighted by Crippen LogP contribution is 2.00. The second kappa shape index (κ2) is 3.41. The van der Waals surface area contributed by atoms with Crippen molar-refractivity contribution in [3.63, 3.8) is 0 Å². The van der Waals surface area contributed by atoms with E-state index in [4.69, 9.17) is 11.6 Å². The van der Waals surface area contributed by atoms with Crippen molar-refractivity contribution in [2.75, 3.05) is 0 Å². The van der Waals surface area contributed by atoms with Crippen LogP contribution in [-0.4, -0.2) is 5.38 Å². The summed E-state index contributed by atoms with van der Waals surface area (Å²) in [5.41, 5.74) is 0. The number of alkyl halides is 1. The lowest BCUT2D eigenvalue weighted by Gasteiger charge is -1.90. The maximum atomic E-state index is 11.0. The lowest BCUT2D eigenvalue weighted by Crippen LogP contribution is -1.86. The molecule has 0 aromatic heterocycles. The van der Waals surface area contributed by atoms with Gasteiger partial charge in [0.15, 0.2) is 0 Å². The summed E-state index contributed by atoms with van der Waals surface area (Å²) in [6.07, 6.45) is 0.238. The predicted octanol–water partition coefficient (Wildman–Crippen LogP) is 1.95. The van der Waals surface area contributed by atoms with Gasteiger partial charge in [-0.05, 0) is 13.3 Å². The first kappa shape index (κ1) is 6.22. The van der Waals surface area contributed by atoms with Crippen molar-refractivity contribution in [3.05, 3.63) is 13.6 Å². The van der Waals surface area contributed by atoms with Crippen molar-refractivity contribution in [1.82, 2.24) is 0 Å². The van der Waals surface area contributed by atoms with Gasteiger partial charge in [-0.3, -0.25) is 0 Å². The summed E-state index contributed by atoms with van der Waals surface area (Å²) in [6, 6.07) is 0. The summed E-state index contributed by atoms with van der Waals surface area (Å²) >= 11 is 5.20. The second-order valence-electron chi connectivity index (χ2n) is 0.987.